The van der Waals surface area contributed by atoms with Crippen molar-refractivity contribution >= 4 is 23.4 Å². The third kappa shape index (κ3) is 2.86. The molecule has 1 fully saturated rings. The van der Waals surface area contributed by atoms with Crippen LogP contribution in [0.3, 0.4) is 0 Å². The number of dihydropyridines is 1. The van der Waals surface area contributed by atoms with E-state index in [-0.39, 0.29) is 0 Å². The maximum Gasteiger partial charge on any atom is 0.152 e. The van der Waals surface area contributed by atoms with Crippen molar-refractivity contribution in [3.8, 4) is 5.69 Å². The standard InChI is InChI=1S/C24H27N5O/c1-16-22-15-26-29(23-14-21(30-4)9-10-25-23)18(3)24(22)17(2)28(16)20-8-5-7-19(13-20)27-11-6-12-27/h5,7-8,13-15H,3,6,9-12H2,1-2,4H3. The fourth-order valence-electron chi connectivity index (χ4n) is 4.49. The zero-order valence-electron chi connectivity index (χ0n) is 17.9. The van der Waals surface area contributed by atoms with E-state index in [4.69, 9.17) is 4.74 Å². The summed E-state index contributed by atoms with van der Waals surface area (Å²) in [5.74, 6) is 1.69. The van der Waals surface area contributed by atoms with Crippen molar-refractivity contribution in [2.45, 2.75) is 26.7 Å². The molecule has 6 heteroatoms. The van der Waals surface area contributed by atoms with E-state index in [0.29, 0.717) is 6.54 Å². The fraction of sp³-hybridized carbons (Fsp3) is 0.333. The molecule has 0 atom stereocenters. The Hall–Kier alpha value is -3.28. The number of methoxy groups -OCH3 is 1. The molecule has 0 bridgehead atoms. The largest absolute Gasteiger partial charge is 0.501 e. The summed E-state index contributed by atoms with van der Waals surface area (Å²) < 4.78 is 7.74. The number of aromatic nitrogens is 1. The van der Waals surface area contributed by atoms with Gasteiger partial charge in [0.25, 0.3) is 0 Å². The topological polar surface area (TPSA) is 45.4 Å². The number of anilines is 1. The average Bonchev–Trinajstić information content (AvgIpc) is 2.98. The van der Waals surface area contributed by atoms with Crippen LogP contribution in [0.5, 0.6) is 0 Å². The van der Waals surface area contributed by atoms with Gasteiger partial charge in [0, 0.05) is 66.0 Å². The highest BCUT2D eigenvalue weighted by atomic mass is 16.5. The van der Waals surface area contributed by atoms with Crippen LogP contribution in [0.1, 0.15) is 35.4 Å². The van der Waals surface area contributed by atoms with Crippen molar-refractivity contribution in [2.24, 2.45) is 10.1 Å². The van der Waals surface area contributed by atoms with Crippen LogP contribution in [0.25, 0.3) is 11.4 Å². The molecule has 30 heavy (non-hydrogen) atoms. The molecular formula is C24H27N5O. The summed E-state index contributed by atoms with van der Waals surface area (Å²) in [4.78, 5) is 7.06. The molecule has 0 aliphatic carbocycles. The molecule has 5 rings (SSSR count). The summed E-state index contributed by atoms with van der Waals surface area (Å²) >= 11 is 0. The number of benzene rings is 1. The number of hydrogen-bond acceptors (Lipinski definition) is 5. The van der Waals surface area contributed by atoms with Crippen molar-refractivity contribution in [3.05, 3.63) is 65.2 Å². The molecule has 6 nitrogen and oxygen atoms in total. The zero-order valence-corrected chi connectivity index (χ0v) is 17.9. The van der Waals surface area contributed by atoms with E-state index in [1.165, 1.54) is 23.5 Å². The van der Waals surface area contributed by atoms with E-state index < -0.39 is 0 Å². The highest BCUT2D eigenvalue weighted by Gasteiger charge is 2.28. The molecule has 2 aromatic rings. The molecule has 1 aromatic heterocycles. The number of aliphatic imine (C=N–C) groups is 1. The summed E-state index contributed by atoms with van der Waals surface area (Å²) in [5, 5.41) is 6.50. The first kappa shape index (κ1) is 18.7. The number of amidine groups is 1. The van der Waals surface area contributed by atoms with Crippen LogP contribution >= 0.6 is 0 Å². The summed E-state index contributed by atoms with van der Waals surface area (Å²) in [7, 11) is 1.70. The molecule has 1 aromatic carbocycles. The third-order valence-electron chi connectivity index (χ3n) is 6.25. The van der Waals surface area contributed by atoms with Crippen LogP contribution in [0, 0.1) is 13.8 Å². The first-order valence-electron chi connectivity index (χ1n) is 10.5. The Kier molecular flexibility index (Phi) is 4.50. The van der Waals surface area contributed by atoms with Crippen LogP contribution in [0.2, 0.25) is 0 Å². The lowest BCUT2D eigenvalue weighted by atomic mass is 10.1. The second kappa shape index (κ2) is 7.20. The lowest BCUT2D eigenvalue weighted by Crippen LogP contribution is -2.36. The maximum absolute atomic E-state index is 5.43. The van der Waals surface area contributed by atoms with Crippen LogP contribution in [-0.4, -0.2) is 48.4 Å². The van der Waals surface area contributed by atoms with Gasteiger partial charge in [-0.1, -0.05) is 12.6 Å². The Morgan fingerprint density at radius 1 is 1.10 bits per heavy atom. The van der Waals surface area contributed by atoms with Crippen LogP contribution in [-0.2, 0) is 4.74 Å². The number of rotatable bonds is 3. The molecule has 0 radical (unpaired) electrons. The Balaban J connectivity index is 1.54. The highest BCUT2D eigenvalue weighted by molar-refractivity contribution is 6.04. The fourth-order valence-corrected chi connectivity index (χ4v) is 4.49. The SMILES string of the molecule is C=C1c2c(c(C)n(-c3cccc(N4CCC4)c3)c2C)C=NN1C1=NCCC(OC)=C1. The van der Waals surface area contributed by atoms with Gasteiger partial charge in [-0.25, -0.2) is 5.01 Å². The number of nitrogens with zero attached hydrogens (tertiary/aromatic N) is 5. The predicted molar refractivity (Wildman–Crippen MR) is 123 cm³/mol. The molecule has 0 unspecified atom stereocenters. The van der Waals surface area contributed by atoms with E-state index in [9.17, 15) is 0 Å². The summed E-state index contributed by atoms with van der Waals surface area (Å²) in [6.07, 6.45) is 5.97. The lowest BCUT2D eigenvalue weighted by Gasteiger charge is -2.33. The minimum atomic E-state index is 0.698. The predicted octanol–water partition coefficient (Wildman–Crippen LogP) is 4.26. The summed E-state index contributed by atoms with van der Waals surface area (Å²) in [5.41, 5.74) is 7.88. The Morgan fingerprint density at radius 3 is 2.63 bits per heavy atom. The molecule has 0 spiro atoms. The number of hydrogen-bond donors (Lipinski definition) is 0. The van der Waals surface area contributed by atoms with Gasteiger partial charge in [-0.2, -0.15) is 5.10 Å². The van der Waals surface area contributed by atoms with Crippen molar-refractivity contribution in [3.63, 3.8) is 0 Å². The molecule has 154 valence electrons. The molecule has 0 N–H and O–H groups in total. The van der Waals surface area contributed by atoms with Crippen molar-refractivity contribution in [1.82, 2.24) is 9.58 Å². The van der Waals surface area contributed by atoms with Gasteiger partial charge in [-0.3, -0.25) is 4.99 Å². The number of ether oxygens (including phenoxy) is 1. The van der Waals surface area contributed by atoms with E-state index >= 15 is 0 Å². The average molecular weight is 402 g/mol. The molecular weight excluding hydrogens is 374 g/mol. The second-order valence-corrected chi connectivity index (χ2v) is 7.96. The first-order chi connectivity index (χ1) is 14.6. The minimum Gasteiger partial charge on any atom is -0.501 e. The number of hydrazone groups is 1. The smallest absolute Gasteiger partial charge is 0.152 e. The third-order valence-corrected chi connectivity index (χ3v) is 6.25. The first-order valence-corrected chi connectivity index (χ1v) is 10.5. The van der Waals surface area contributed by atoms with Gasteiger partial charge in [0.1, 0.15) is 5.76 Å². The van der Waals surface area contributed by atoms with Crippen molar-refractivity contribution < 1.29 is 4.74 Å². The molecule has 0 saturated carbocycles. The van der Waals surface area contributed by atoms with E-state index in [1.807, 2.05) is 17.3 Å². The van der Waals surface area contributed by atoms with Gasteiger partial charge < -0.3 is 14.2 Å². The normalized spacial score (nSPS) is 18.0. The van der Waals surface area contributed by atoms with Crippen molar-refractivity contribution in [2.75, 3.05) is 31.6 Å². The quantitative estimate of drug-likeness (QED) is 0.772. The zero-order chi connectivity index (χ0) is 20.8. The lowest BCUT2D eigenvalue weighted by molar-refractivity contribution is 0.277. The van der Waals surface area contributed by atoms with Crippen molar-refractivity contribution in [1.29, 1.82) is 0 Å². The van der Waals surface area contributed by atoms with Gasteiger partial charge >= 0.3 is 0 Å². The van der Waals surface area contributed by atoms with Gasteiger partial charge in [-0.05, 0) is 38.5 Å². The van der Waals surface area contributed by atoms with E-state index in [0.717, 1.165) is 53.6 Å². The van der Waals surface area contributed by atoms with Gasteiger partial charge in [0.2, 0.25) is 0 Å². The van der Waals surface area contributed by atoms with Crippen LogP contribution in [0.15, 0.2) is 52.8 Å². The molecule has 4 heterocycles. The summed E-state index contributed by atoms with van der Waals surface area (Å²) in [6, 6.07) is 8.79. The molecule has 3 aliphatic heterocycles. The van der Waals surface area contributed by atoms with Crippen LogP contribution in [0.4, 0.5) is 5.69 Å². The Morgan fingerprint density at radius 2 is 1.90 bits per heavy atom. The number of fused-ring (bicyclic) bond motifs is 1. The van der Waals surface area contributed by atoms with Crippen LogP contribution < -0.4 is 4.90 Å². The van der Waals surface area contributed by atoms with Gasteiger partial charge in [0.15, 0.2) is 5.84 Å². The highest BCUT2D eigenvalue weighted by Crippen LogP contribution is 2.36. The second-order valence-electron chi connectivity index (χ2n) is 7.96. The molecule has 0 amide bonds. The van der Waals surface area contributed by atoms with Gasteiger partial charge in [0.05, 0.1) is 19.0 Å². The summed E-state index contributed by atoms with van der Waals surface area (Å²) in [6.45, 7) is 11.7. The van der Waals surface area contributed by atoms with E-state index in [2.05, 4.69) is 64.3 Å². The van der Waals surface area contributed by atoms with E-state index in [1.54, 1.807) is 7.11 Å². The molecule has 3 aliphatic rings. The monoisotopic (exact) mass is 401 g/mol. The minimum absolute atomic E-state index is 0.698. The Bertz CT molecular complexity index is 1120. The molecule has 1 saturated heterocycles. The Labute approximate surface area is 177 Å². The maximum atomic E-state index is 5.43. The van der Waals surface area contributed by atoms with Gasteiger partial charge in [-0.15, -0.1) is 0 Å².